The van der Waals surface area contributed by atoms with Gasteiger partial charge < -0.3 is 25.1 Å². The summed E-state index contributed by atoms with van der Waals surface area (Å²) in [6.45, 7) is 4.17. The second-order valence-electron chi connectivity index (χ2n) is 7.60. The number of piperazine rings is 1. The van der Waals surface area contributed by atoms with Crippen molar-refractivity contribution in [2.75, 3.05) is 37.6 Å². The van der Waals surface area contributed by atoms with E-state index in [1.165, 1.54) is 4.90 Å². The number of benzene rings is 1. The third-order valence-electron chi connectivity index (χ3n) is 5.78. The van der Waals surface area contributed by atoms with Gasteiger partial charge in [-0.3, -0.25) is 9.59 Å². The molecule has 1 aromatic rings. The van der Waals surface area contributed by atoms with E-state index in [2.05, 4.69) is 10.2 Å². The lowest BCUT2D eigenvalue weighted by molar-refractivity contribution is -0.133. The fourth-order valence-electron chi connectivity index (χ4n) is 4.06. The van der Waals surface area contributed by atoms with Crippen molar-refractivity contribution in [2.45, 2.75) is 31.7 Å². The first-order valence-corrected chi connectivity index (χ1v) is 10.6. The van der Waals surface area contributed by atoms with Gasteiger partial charge in [0, 0.05) is 38.4 Å². The van der Waals surface area contributed by atoms with Gasteiger partial charge in [-0.15, -0.1) is 0 Å². The van der Waals surface area contributed by atoms with Gasteiger partial charge in [0.05, 0.1) is 11.1 Å². The van der Waals surface area contributed by atoms with Crippen LogP contribution in [0.25, 0.3) is 0 Å². The highest BCUT2D eigenvalue weighted by molar-refractivity contribution is 6.49. The Morgan fingerprint density at radius 1 is 1.14 bits per heavy atom. The molecule has 2 N–H and O–H groups in total. The number of nitrogens with one attached hydrogen (secondary N) is 1. The minimum atomic E-state index is -1.20. The molecule has 4 rings (SSSR count). The zero-order chi connectivity index (χ0) is 20.5. The number of aliphatic hydroxyl groups is 1. The topological polar surface area (TPSA) is 76.1 Å². The molecule has 2 fully saturated rings. The van der Waals surface area contributed by atoms with Gasteiger partial charge in [-0.05, 0) is 37.1 Å². The fraction of sp³-hybridized carbons (Fsp3) is 0.500. The Hall–Kier alpha value is -1.80. The van der Waals surface area contributed by atoms with E-state index in [4.69, 9.17) is 23.2 Å². The number of amides is 2. The molecule has 9 heteroatoms. The van der Waals surface area contributed by atoms with Crippen molar-refractivity contribution in [2.24, 2.45) is 0 Å². The Morgan fingerprint density at radius 3 is 2.38 bits per heavy atom. The summed E-state index contributed by atoms with van der Waals surface area (Å²) in [5.74, 6) is -0.247. The molecule has 0 aliphatic carbocycles. The third kappa shape index (κ3) is 4.10. The molecule has 1 unspecified atom stereocenters. The monoisotopic (exact) mass is 438 g/mol. The van der Waals surface area contributed by atoms with Gasteiger partial charge in [-0.25, -0.2) is 0 Å². The van der Waals surface area contributed by atoms with Crippen molar-refractivity contribution in [3.8, 4) is 0 Å². The van der Waals surface area contributed by atoms with Gasteiger partial charge in [-0.1, -0.05) is 35.3 Å². The van der Waals surface area contributed by atoms with Crippen LogP contribution in [0.2, 0.25) is 0 Å². The first kappa shape index (κ1) is 20.5. The normalized spacial score (nSPS) is 25.3. The second-order valence-corrected chi connectivity index (χ2v) is 8.38. The van der Waals surface area contributed by atoms with Crippen molar-refractivity contribution in [3.05, 3.63) is 39.9 Å². The molecule has 0 spiro atoms. The highest BCUT2D eigenvalue weighted by Crippen LogP contribution is 2.31. The van der Waals surface area contributed by atoms with Gasteiger partial charge in [-0.2, -0.15) is 0 Å². The van der Waals surface area contributed by atoms with Crippen LogP contribution in [0.3, 0.4) is 0 Å². The van der Waals surface area contributed by atoms with Crippen LogP contribution in [0.5, 0.6) is 0 Å². The van der Waals surface area contributed by atoms with Crippen molar-refractivity contribution >= 4 is 40.7 Å². The summed E-state index contributed by atoms with van der Waals surface area (Å²) in [5.41, 5.74) is 1.94. The number of aliphatic hydroxyl groups excluding tert-OH is 1. The first-order valence-electron chi connectivity index (χ1n) is 9.86. The molecule has 2 saturated heterocycles. The Kier molecular flexibility index (Phi) is 6.01. The molecule has 0 saturated carbocycles. The summed E-state index contributed by atoms with van der Waals surface area (Å²) in [6, 6.07) is 7.83. The molecule has 2 amide bonds. The Balaban J connectivity index is 1.32. The molecule has 7 nitrogen and oxygen atoms in total. The van der Waals surface area contributed by atoms with E-state index in [0.29, 0.717) is 0 Å². The summed E-state index contributed by atoms with van der Waals surface area (Å²) in [4.78, 5) is 30.0. The van der Waals surface area contributed by atoms with Crippen molar-refractivity contribution in [1.82, 2.24) is 15.1 Å². The Bertz CT molecular complexity index is 816. The number of carbonyl (C=O) groups is 2. The van der Waals surface area contributed by atoms with E-state index < -0.39 is 12.1 Å². The van der Waals surface area contributed by atoms with Gasteiger partial charge in [0.2, 0.25) is 5.91 Å². The van der Waals surface area contributed by atoms with Gasteiger partial charge in [0.25, 0.3) is 5.91 Å². The molecule has 0 bridgehead atoms. The van der Waals surface area contributed by atoms with Crippen LogP contribution in [0, 0.1) is 0 Å². The zero-order valence-corrected chi connectivity index (χ0v) is 17.5. The summed E-state index contributed by atoms with van der Waals surface area (Å²) < 4.78 is 0. The lowest BCUT2D eigenvalue weighted by Crippen LogP contribution is -2.53. The standard InChI is InChI=1S/C20H24Cl2N4O3/c21-16-17(22)20(29)26(19(16)28)12-13-3-5-14(6-4-13)24-8-10-25(11-9-24)18(27)15-2-1-7-23-15/h3-6,15,19,23,28H,1-2,7-12H2/t15-,19?/m0/s1. The van der Waals surface area contributed by atoms with E-state index in [1.54, 1.807) is 0 Å². The summed E-state index contributed by atoms with van der Waals surface area (Å²) >= 11 is 11.7. The van der Waals surface area contributed by atoms with Crippen LogP contribution in [0.15, 0.2) is 34.3 Å². The number of halogens is 2. The zero-order valence-electron chi connectivity index (χ0n) is 16.0. The number of hydrogen-bond acceptors (Lipinski definition) is 5. The molecule has 0 aromatic heterocycles. The lowest BCUT2D eigenvalue weighted by atomic mass is 10.1. The highest BCUT2D eigenvalue weighted by atomic mass is 35.5. The number of anilines is 1. The molecule has 3 aliphatic heterocycles. The van der Waals surface area contributed by atoms with Crippen LogP contribution < -0.4 is 10.2 Å². The SMILES string of the molecule is O=C([C@@H]1CCCN1)N1CCN(c2ccc(CN3C(=O)C(Cl)=C(Cl)C3O)cc2)CC1. The molecule has 2 atom stereocenters. The van der Waals surface area contributed by atoms with Crippen LogP contribution in [0.4, 0.5) is 5.69 Å². The first-order chi connectivity index (χ1) is 14.0. The molecule has 0 radical (unpaired) electrons. The number of hydrogen-bond donors (Lipinski definition) is 2. The molecular formula is C20H24Cl2N4O3. The summed E-state index contributed by atoms with van der Waals surface area (Å²) in [6.07, 6.45) is 0.800. The Labute approximate surface area is 179 Å². The average molecular weight is 439 g/mol. The predicted octanol–water partition coefficient (Wildman–Crippen LogP) is 1.44. The number of carbonyl (C=O) groups excluding carboxylic acids is 2. The summed E-state index contributed by atoms with van der Waals surface area (Å²) in [7, 11) is 0. The minimum Gasteiger partial charge on any atom is -0.368 e. The average Bonchev–Trinajstić information content (AvgIpc) is 3.35. The van der Waals surface area contributed by atoms with Crippen LogP contribution in [-0.2, 0) is 16.1 Å². The second kappa shape index (κ2) is 8.52. The maximum atomic E-state index is 12.5. The van der Waals surface area contributed by atoms with E-state index in [1.807, 2.05) is 29.2 Å². The third-order valence-corrected chi connectivity index (χ3v) is 6.63. The molecule has 1 aromatic carbocycles. The Morgan fingerprint density at radius 2 is 1.83 bits per heavy atom. The highest BCUT2D eigenvalue weighted by Gasteiger charge is 2.36. The van der Waals surface area contributed by atoms with E-state index in [-0.39, 0.29) is 28.6 Å². The summed E-state index contributed by atoms with van der Waals surface area (Å²) in [5, 5.41) is 13.2. The maximum Gasteiger partial charge on any atom is 0.269 e. The quantitative estimate of drug-likeness (QED) is 0.743. The largest absolute Gasteiger partial charge is 0.368 e. The van der Waals surface area contributed by atoms with Crippen LogP contribution >= 0.6 is 23.2 Å². The van der Waals surface area contributed by atoms with Gasteiger partial charge in [0.15, 0.2) is 6.23 Å². The number of rotatable bonds is 4. The lowest BCUT2D eigenvalue weighted by Gasteiger charge is -2.37. The van der Waals surface area contributed by atoms with E-state index in [9.17, 15) is 14.7 Å². The molecular weight excluding hydrogens is 415 g/mol. The fourth-order valence-corrected chi connectivity index (χ4v) is 4.46. The minimum absolute atomic E-state index is 0.0130. The maximum absolute atomic E-state index is 12.5. The number of nitrogens with zero attached hydrogens (tertiary/aromatic N) is 3. The molecule has 29 heavy (non-hydrogen) atoms. The molecule has 3 aliphatic rings. The van der Waals surface area contributed by atoms with Crippen molar-refractivity contribution in [1.29, 1.82) is 0 Å². The van der Waals surface area contributed by atoms with Crippen molar-refractivity contribution < 1.29 is 14.7 Å². The van der Waals surface area contributed by atoms with Crippen LogP contribution in [-0.4, -0.2) is 71.7 Å². The molecule has 156 valence electrons. The molecule has 3 heterocycles. The van der Waals surface area contributed by atoms with Crippen LogP contribution in [0.1, 0.15) is 18.4 Å². The van der Waals surface area contributed by atoms with E-state index >= 15 is 0 Å². The van der Waals surface area contributed by atoms with E-state index in [0.717, 1.165) is 56.8 Å². The van der Waals surface area contributed by atoms with Crippen molar-refractivity contribution in [3.63, 3.8) is 0 Å². The van der Waals surface area contributed by atoms with Gasteiger partial charge in [0.1, 0.15) is 5.03 Å². The van der Waals surface area contributed by atoms with Gasteiger partial charge >= 0.3 is 0 Å². The predicted molar refractivity (Wildman–Crippen MR) is 112 cm³/mol. The smallest absolute Gasteiger partial charge is 0.269 e.